The maximum Gasteiger partial charge on any atom is 0.131 e. The molecule has 1 aromatic carbocycles. The van der Waals surface area contributed by atoms with Crippen molar-refractivity contribution in [1.29, 1.82) is 0 Å². The van der Waals surface area contributed by atoms with Crippen molar-refractivity contribution in [3.8, 4) is 0 Å². The van der Waals surface area contributed by atoms with Gasteiger partial charge >= 0.3 is 0 Å². The summed E-state index contributed by atoms with van der Waals surface area (Å²) >= 11 is 1.71. The fourth-order valence-corrected chi connectivity index (χ4v) is 3.70. The molecule has 0 radical (unpaired) electrons. The van der Waals surface area contributed by atoms with E-state index in [1.807, 2.05) is 6.07 Å². The van der Waals surface area contributed by atoms with Crippen LogP contribution in [0.25, 0.3) is 0 Å². The molecule has 0 N–H and O–H groups in total. The molecule has 1 fully saturated rings. The largest absolute Gasteiger partial charge is 0.373 e. The lowest BCUT2D eigenvalue weighted by Gasteiger charge is -2.31. The fourth-order valence-electron chi connectivity index (χ4n) is 2.81. The number of hydrogen-bond donors (Lipinski definition) is 0. The predicted molar refractivity (Wildman–Crippen MR) is 93.5 cm³/mol. The van der Waals surface area contributed by atoms with Crippen LogP contribution in [0.15, 0.2) is 24.3 Å². The first kappa shape index (κ1) is 17.5. The Kier molecular flexibility index (Phi) is 5.92. The molecule has 0 spiro atoms. The maximum atomic E-state index is 13.6. The van der Waals surface area contributed by atoms with Gasteiger partial charge in [-0.15, -0.1) is 10.2 Å². The first-order valence-corrected chi connectivity index (χ1v) is 9.33. The van der Waals surface area contributed by atoms with Gasteiger partial charge in [0.05, 0.1) is 19.3 Å². The number of hydrogen-bond acceptors (Lipinski definition) is 5. The van der Waals surface area contributed by atoms with Crippen LogP contribution in [0.1, 0.15) is 48.2 Å². The van der Waals surface area contributed by atoms with Gasteiger partial charge in [0, 0.05) is 24.6 Å². The van der Waals surface area contributed by atoms with Crippen LogP contribution in [-0.4, -0.2) is 34.3 Å². The Morgan fingerprint density at radius 1 is 1.25 bits per heavy atom. The molecular formula is C18H24FN3OS. The van der Waals surface area contributed by atoms with E-state index >= 15 is 0 Å². The topological polar surface area (TPSA) is 38.2 Å². The molecule has 0 amide bonds. The van der Waals surface area contributed by atoms with Gasteiger partial charge in [0.2, 0.25) is 0 Å². The van der Waals surface area contributed by atoms with Gasteiger partial charge in [-0.2, -0.15) is 0 Å². The first-order valence-electron chi connectivity index (χ1n) is 8.51. The molecule has 4 nitrogen and oxygen atoms in total. The van der Waals surface area contributed by atoms with Crippen LogP contribution >= 0.6 is 11.3 Å². The standard InChI is InChI=1S/C18H24FN3OS/c1-13(2)18-21-20-17(24-18)11-22-9-7-15(8-10-22)23-12-14-5-3-4-6-16(14)19/h3-6,13,15H,7-12H2,1-2H3. The minimum atomic E-state index is -0.188. The van der Waals surface area contributed by atoms with Crippen molar-refractivity contribution in [1.82, 2.24) is 15.1 Å². The summed E-state index contributed by atoms with van der Waals surface area (Å²) in [6, 6.07) is 6.81. The average Bonchev–Trinajstić information content (AvgIpc) is 3.04. The molecule has 1 saturated heterocycles. The molecule has 2 aromatic rings. The zero-order chi connectivity index (χ0) is 16.9. The van der Waals surface area contributed by atoms with E-state index in [-0.39, 0.29) is 11.9 Å². The zero-order valence-electron chi connectivity index (χ0n) is 14.2. The van der Waals surface area contributed by atoms with Crippen molar-refractivity contribution < 1.29 is 9.13 Å². The van der Waals surface area contributed by atoms with Crippen LogP contribution in [0, 0.1) is 5.82 Å². The number of halogens is 1. The van der Waals surface area contributed by atoms with E-state index in [0.29, 0.717) is 18.1 Å². The fraction of sp³-hybridized carbons (Fsp3) is 0.556. The van der Waals surface area contributed by atoms with E-state index in [1.54, 1.807) is 23.5 Å². The van der Waals surface area contributed by atoms with Crippen LogP contribution in [0.3, 0.4) is 0 Å². The Morgan fingerprint density at radius 2 is 2.00 bits per heavy atom. The Bertz CT molecular complexity index is 653. The van der Waals surface area contributed by atoms with Gasteiger partial charge in [0.25, 0.3) is 0 Å². The number of benzene rings is 1. The second-order valence-corrected chi connectivity index (χ2v) is 7.66. The molecule has 0 unspecified atom stereocenters. The second-order valence-electron chi connectivity index (χ2n) is 6.57. The van der Waals surface area contributed by atoms with Crippen molar-refractivity contribution >= 4 is 11.3 Å². The number of piperidine rings is 1. The van der Waals surface area contributed by atoms with Crippen LogP contribution < -0.4 is 0 Å². The molecule has 24 heavy (non-hydrogen) atoms. The molecule has 0 bridgehead atoms. The Balaban J connectivity index is 1.43. The average molecular weight is 349 g/mol. The quantitative estimate of drug-likeness (QED) is 0.791. The van der Waals surface area contributed by atoms with Gasteiger partial charge in [0.1, 0.15) is 15.8 Å². The van der Waals surface area contributed by atoms with Gasteiger partial charge < -0.3 is 4.74 Å². The summed E-state index contributed by atoms with van der Waals surface area (Å²) in [4.78, 5) is 2.40. The third-order valence-electron chi connectivity index (χ3n) is 4.30. The van der Waals surface area contributed by atoms with Gasteiger partial charge in [0.15, 0.2) is 0 Å². The van der Waals surface area contributed by atoms with Crippen molar-refractivity contribution in [2.45, 2.75) is 51.9 Å². The zero-order valence-corrected chi connectivity index (χ0v) is 15.1. The molecule has 2 heterocycles. The Morgan fingerprint density at radius 3 is 2.67 bits per heavy atom. The van der Waals surface area contributed by atoms with Crippen LogP contribution in [0.4, 0.5) is 4.39 Å². The smallest absolute Gasteiger partial charge is 0.131 e. The van der Waals surface area contributed by atoms with Crippen molar-refractivity contribution in [3.05, 3.63) is 45.7 Å². The summed E-state index contributed by atoms with van der Waals surface area (Å²) < 4.78 is 19.5. The Labute approximate surface area is 146 Å². The van der Waals surface area contributed by atoms with Gasteiger partial charge in [-0.1, -0.05) is 43.4 Å². The van der Waals surface area contributed by atoms with Crippen molar-refractivity contribution in [3.63, 3.8) is 0 Å². The minimum Gasteiger partial charge on any atom is -0.373 e. The van der Waals surface area contributed by atoms with Crippen molar-refractivity contribution in [2.75, 3.05) is 13.1 Å². The maximum absolute atomic E-state index is 13.6. The second kappa shape index (κ2) is 8.14. The third kappa shape index (κ3) is 4.59. The summed E-state index contributed by atoms with van der Waals surface area (Å²) in [5, 5.41) is 10.7. The van der Waals surface area contributed by atoms with E-state index in [0.717, 1.165) is 42.5 Å². The van der Waals surface area contributed by atoms with E-state index < -0.39 is 0 Å². The predicted octanol–water partition coefficient (Wildman–Crippen LogP) is 3.98. The van der Waals surface area contributed by atoms with E-state index in [4.69, 9.17) is 4.74 Å². The highest BCUT2D eigenvalue weighted by molar-refractivity contribution is 7.11. The Hall–Kier alpha value is -1.37. The van der Waals surface area contributed by atoms with Crippen LogP contribution in [-0.2, 0) is 17.9 Å². The highest BCUT2D eigenvalue weighted by Gasteiger charge is 2.21. The molecule has 1 aromatic heterocycles. The first-order chi connectivity index (χ1) is 11.6. The summed E-state index contributed by atoms with van der Waals surface area (Å²) in [5.74, 6) is 0.251. The highest BCUT2D eigenvalue weighted by Crippen LogP contribution is 2.22. The molecule has 6 heteroatoms. The van der Waals surface area contributed by atoms with Gasteiger partial charge in [-0.3, -0.25) is 4.90 Å². The third-order valence-corrected chi connectivity index (χ3v) is 5.51. The number of ether oxygens (including phenoxy) is 1. The lowest BCUT2D eigenvalue weighted by molar-refractivity contribution is -0.00497. The minimum absolute atomic E-state index is 0.188. The summed E-state index contributed by atoms with van der Waals surface area (Å²) in [6.07, 6.45) is 2.16. The summed E-state index contributed by atoms with van der Waals surface area (Å²) in [5.41, 5.74) is 0.634. The number of aromatic nitrogens is 2. The lowest BCUT2D eigenvalue weighted by Crippen LogP contribution is -2.36. The number of rotatable bonds is 6. The van der Waals surface area contributed by atoms with E-state index in [9.17, 15) is 4.39 Å². The molecule has 3 rings (SSSR count). The summed E-state index contributed by atoms with van der Waals surface area (Å²) in [6.45, 7) is 7.47. The molecule has 1 aliphatic heterocycles. The molecule has 0 saturated carbocycles. The number of nitrogens with zero attached hydrogens (tertiary/aromatic N) is 3. The lowest BCUT2D eigenvalue weighted by atomic mass is 10.1. The van der Waals surface area contributed by atoms with Crippen LogP contribution in [0.5, 0.6) is 0 Å². The van der Waals surface area contributed by atoms with Gasteiger partial charge in [-0.25, -0.2) is 4.39 Å². The molecule has 1 aliphatic rings. The van der Waals surface area contributed by atoms with Crippen molar-refractivity contribution in [2.24, 2.45) is 0 Å². The summed E-state index contributed by atoms with van der Waals surface area (Å²) in [7, 11) is 0. The SMILES string of the molecule is CC(C)c1nnc(CN2CCC(OCc3ccccc3F)CC2)s1. The number of likely N-dealkylation sites (tertiary alicyclic amines) is 1. The monoisotopic (exact) mass is 349 g/mol. The normalized spacial score (nSPS) is 16.8. The molecule has 0 aliphatic carbocycles. The molecule has 130 valence electrons. The van der Waals surface area contributed by atoms with E-state index in [2.05, 4.69) is 28.9 Å². The molecular weight excluding hydrogens is 325 g/mol. The van der Waals surface area contributed by atoms with Gasteiger partial charge in [-0.05, 0) is 18.9 Å². The van der Waals surface area contributed by atoms with E-state index in [1.165, 1.54) is 6.07 Å². The highest BCUT2D eigenvalue weighted by atomic mass is 32.1. The molecule has 0 atom stereocenters. The van der Waals surface area contributed by atoms with Crippen LogP contribution in [0.2, 0.25) is 0 Å².